The van der Waals surface area contributed by atoms with Crippen LogP contribution >= 0.6 is 0 Å². The van der Waals surface area contributed by atoms with Crippen LogP contribution in [0.4, 0.5) is 4.79 Å². The fourth-order valence-corrected chi connectivity index (χ4v) is 11.3. The summed E-state index contributed by atoms with van der Waals surface area (Å²) in [5, 5.41) is 23.5. The van der Waals surface area contributed by atoms with Crippen LogP contribution in [0.15, 0.2) is 36.5 Å². The van der Waals surface area contributed by atoms with E-state index >= 15 is 0 Å². The zero-order valence-corrected chi connectivity index (χ0v) is 52.4. The number of nitrogens with two attached hydrogens (primary N) is 1. The number of aliphatic hydroxyl groups is 2. The lowest BCUT2D eigenvalue weighted by molar-refractivity contribution is -0.167. The van der Waals surface area contributed by atoms with Gasteiger partial charge in [-0.15, -0.1) is 0 Å². The van der Waals surface area contributed by atoms with Crippen LogP contribution in [0.1, 0.15) is 311 Å². The van der Waals surface area contributed by atoms with E-state index in [-0.39, 0.29) is 91.7 Å². The average molecular weight is 1130 g/mol. The van der Waals surface area contributed by atoms with Crippen molar-refractivity contribution in [2.24, 2.45) is 16.6 Å². The van der Waals surface area contributed by atoms with E-state index < -0.39 is 6.10 Å². The van der Waals surface area contributed by atoms with Crippen molar-refractivity contribution in [3.63, 3.8) is 0 Å². The van der Waals surface area contributed by atoms with Crippen molar-refractivity contribution in [1.29, 1.82) is 0 Å². The predicted molar refractivity (Wildman–Crippen MR) is 330 cm³/mol. The molecular weight excluding hydrogens is 1000 g/mol. The van der Waals surface area contributed by atoms with Gasteiger partial charge in [0.2, 0.25) is 0 Å². The van der Waals surface area contributed by atoms with Crippen LogP contribution in [0.3, 0.4) is 0 Å². The Bertz CT molecular complexity index is 1560. The number of aliphatic hydroxyl groups excluding tert-OH is 2. The van der Waals surface area contributed by atoms with E-state index in [4.69, 9.17) is 24.7 Å². The third-order valence-electron chi connectivity index (χ3n) is 15.8. The topological polar surface area (TPSA) is 184 Å². The minimum Gasteiger partial charge on any atom is -0.462 e. The summed E-state index contributed by atoms with van der Waals surface area (Å²) < 4.78 is 22.9. The van der Waals surface area contributed by atoms with E-state index in [9.17, 15) is 29.4 Å². The summed E-state index contributed by atoms with van der Waals surface area (Å²) in [5.74, 6) is -1.08. The summed E-state index contributed by atoms with van der Waals surface area (Å²) in [5.41, 5.74) is 6.28. The lowest BCUT2D eigenvalue weighted by atomic mass is 9.63. The van der Waals surface area contributed by atoms with Crippen LogP contribution in [0.2, 0.25) is 0 Å². The van der Waals surface area contributed by atoms with E-state index in [1.54, 1.807) is 0 Å². The molecule has 0 spiro atoms. The fraction of sp³-hybridized carbons (Fsp3) is 0.853. The maximum Gasteiger partial charge on any atom is 0.407 e. The molecule has 1 saturated carbocycles. The van der Waals surface area contributed by atoms with Crippen LogP contribution in [0, 0.1) is 10.8 Å². The molecule has 0 bridgehead atoms. The molecule has 5 atom stereocenters. The number of amides is 1. The van der Waals surface area contributed by atoms with Crippen molar-refractivity contribution in [2.45, 2.75) is 342 Å². The highest BCUT2D eigenvalue weighted by atomic mass is 16.6. The number of unbranched alkanes of at least 4 members (excludes halogenated alkanes) is 24. The second kappa shape index (κ2) is 50.3. The second-order valence-electron chi connectivity index (χ2n) is 25.0. The van der Waals surface area contributed by atoms with Gasteiger partial charge in [-0.3, -0.25) is 14.4 Å². The van der Waals surface area contributed by atoms with Crippen molar-refractivity contribution >= 4 is 24.0 Å². The van der Waals surface area contributed by atoms with Gasteiger partial charge in [0, 0.05) is 31.7 Å². The first-order valence-electron chi connectivity index (χ1n) is 33.1. The van der Waals surface area contributed by atoms with E-state index in [0.717, 1.165) is 193 Å². The molecule has 12 nitrogen and oxygen atoms in total. The Morgan fingerprint density at radius 2 is 0.887 bits per heavy atom. The minimum absolute atomic E-state index is 0.00952. The molecule has 0 saturated heterocycles. The molecule has 1 aliphatic rings. The molecular formula is C68H124N2O10. The Labute approximate surface area is 490 Å². The number of hydrogen-bond donors (Lipinski definition) is 4. The number of allylic oxidation sites excluding steroid dienone is 3. The Morgan fingerprint density at radius 1 is 0.487 bits per heavy atom. The Hall–Kier alpha value is -3.22. The molecule has 0 aliphatic heterocycles. The number of alkyl carbamates (subject to hydrolysis) is 1. The Balaban J connectivity index is 2.51. The number of esters is 3. The Morgan fingerprint density at radius 3 is 1.34 bits per heavy atom. The predicted octanol–water partition coefficient (Wildman–Crippen LogP) is 17.3. The lowest BCUT2D eigenvalue weighted by Gasteiger charge is -2.46. The number of rotatable bonds is 53. The highest BCUT2D eigenvalue weighted by Gasteiger charge is 2.41. The molecule has 0 aromatic heterocycles. The number of hydrogen-bond acceptors (Lipinski definition) is 11. The number of ether oxygens (including phenoxy) is 4. The molecule has 12 heteroatoms. The third kappa shape index (κ3) is 45.3. The van der Waals surface area contributed by atoms with Crippen LogP contribution < -0.4 is 11.1 Å². The van der Waals surface area contributed by atoms with E-state index in [2.05, 4.69) is 83.3 Å². The molecule has 466 valence electrons. The van der Waals surface area contributed by atoms with Gasteiger partial charge in [0.25, 0.3) is 0 Å². The molecule has 5 N–H and O–H groups in total. The molecule has 1 aliphatic carbocycles. The number of carbonyl (C=O) groups is 4. The lowest BCUT2D eigenvalue weighted by Crippen LogP contribution is -2.49. The molecule has 80 heavy (non-hydrogen) atoms. The molecule has 0 aromatic carbocycles. The van der Waals surface area contributed by atoms with Crippen molar-refractivity contribution in [3.05, 3.63) is 36.5 Å². The molecule has 0 heterocycles. The normalized spacial score (nSPS) is 17.9. The van der Waals surface area contributed by atoms with Crippen molar-refractivity contribution in [1.82, 2.24) is 5.32 Å². The number of nitrogens with one attached hydrogen (secondary N) is 1. The quantitative estimate of drug-likeness (QED) is 0.0197. The van der Waals surface area contributed by atoms with Gasteiger partial charge in [0.15, 0.2) is 6.10 Å². The maximum atomic E-state index is 13.1. The molecule has 5 unspecified atom stereocenters. The van der Waals surface area contributed by atoms with Gasteiger partial charge in [-0.1, -0.05) is 206 Å². The van der Waals surface area contributed by atoms with Gasteiger partial charge in [-0.2, -0.15) is 0 Å². The van der Waals surface area contributed by atoms with Crippen molar-refractivity contribution in [2.75, 3.05) is 19.8 Å². The standard InChI is InChI=1S/C68H124N2O10/c1-7-10-13-34-43-59(71)45-36-28-22-16-19-25-31-40-49-63(73)77-54-62(55-78-64(74)50-41-32-26-20-17-23-29-37-46-60(72)44-35-14-11-8-2)79-65(75)51-42-33-27-21-18-24-30-39-48-61(47-38-15-12-9-3)80-66(76)70-58-52-67(4,5)56-68(6,53-58)57-69/h28-30,36-37,39,58-62,71-72H,7-27,31-35,38,40-57,69H2,1-6H3,(H,70,76)/b36-28+,37-29+,39-30+. The first-order valence-corrected chi connectivity index (χ1v) is 33.1. The van der Waals surface area contributed by atoms with E-state index in [1.807, 2.05) is 0 Å². The fourth-order valence-electron chi connectivity index (χ4n) is 11.3. The smallest absolute Gasteiger partial charge is 0.407 e. The second-order valence-corrected chi connectivity index (χ2v) is 25.0. The monoisotopic (exact) mass is 1130 g/mol. The first kappa shape index (κ1) is 74.8. The molecule has 1 amide bonds. The maximum absolute atomic E-state index is 13.1. The largest absolute Gasteiger partial charge is 0.462 e. The van der Waals surface area contributed by atoms with Crippen molar-refractivity contribution < 1.29 is 48.3 Å². The van der Waals surface area contributed by atoms with Gasteiger partial charge >= 0.3 is 24.0 Å². The summed E-state index contributed by atoms with van der Waals surface area (Å²) in [6.07, 6.45) is 50.8. The zero-order valence-electron chi connectivity index (χ0n) is 52.4. The van der Waals surface area contributed by atoms with Crippen LogP contribution in [0.5, 0.6) is 0 Å². The SMILES string of the molecule is CCCCCCC(O)C/C=C/CCCCCCCC(=O)OCC(COC(=O)CCCCCCC/C=C/CC(O)CCCCCC)OC(=O)CCCCCCC/C=C/CC(CCCCCC)OC(=O)NC1CC(C)(C)CC(C)(CN)C1. The summed E-state index contributed by atoms with van der Waals surface area (Å²) >= 11 is 0. The van der Waals surface area contributed by atoms with Gasteiger partial charge < -0.3 is 40.2 Å². The van der Waals surface area contributed by atoms with Crippen LogP contribution in [-0.2, 0) is 33.3 Å². The van der Waals surface area contributed by atoms with E-state index in [1.165, 1.54) is 44.9 Å². The van der Waals surface area contributed by atoms with Crippen molar-refractivity contribution in [3.8, 4) is 0 Å². The molecule has 0 aromatic rings. The molecule has 1 fully saturated rings. The summed E-state index contributed by atoms with van der Waals surface area (Å²) in [4.78, 5) is 51.7. The summed E-state index contributed by atoms with van der Waals surface area (Å²) in [6.45, 7) is 13.7. The van der Waals surface area contributed by atoms with Gasteiger partial charge in [-0.05, 0) is 133 Å². The highest BCUT2D eigenvalue weighted by molar-refractivity contribution is 5.71. The molecule has 0 radical (unpaired) electrons. The van der Waals surface area contributed by atoms with Gasteiger partial charge in [0.1, 0.15) is 19.3 Å². The molecule has 1 rings (SSSR count). The van der Waals surface area contributed by atoms with Gasteiger partial charge in [0.05, 0.1) is 12.2 Å². The third-order valence-corrected chi connectivity index (χ3v) is 15.8. The zero-order chi connectivity index (χ0) is 58.8. The van der Waals surface area contributed by atoms with E-state index in [0.29, 0.717) is 19.4 Å². The van der Waals surface area contributed by atoms with Crippen LogP contribution in [-0.4, -0.2) is 84.4 Å². The van der Waals surface area contributed by atoms with Crippen LogP contribution in [0.25, 0.3) is 0 Å². The van der Waals surface area contributed by atoms with Gasteiger partial charge in [-0.25, -0.2) is 4.79 Å². The summed E-state index contributed by atoms with van der Waals surface area (Å²) in [7, 11) is 0. The average Bonchev–Trinajstić information content (AvgIpc) is 3.41. The Kier molecular flexibility index (Phi) is 47.0. The highest BCUT2D eigenvalue weighted by Crippen LogP contribution is 2.45. The first-order chi connectivity index (χ1) is 38.6. The number of carbonyl (C=O) groups excluding carboxylic acids is 4. The minimum atomic E-state index is -0.861. The summed E-state index contributed by atoms with van der Waals surface area (Å²) in [6, 6.07) is 0.0572.